The van der Waals surface area contributed by atoms with Crippen molar-refractivity contribution in [2.75, 3.05) is 6.61 Å². The summed E-state index contributed by atoms with van der Waals surface area (Å²) in [5, 5.41) is 0. The molecule has 0 amide bonds. The molecule has 0 aromatic heterocycles. The number of hydrogen-bond acceptors (Lipinski definition) is 2. The fourth-order valence-electron chi connectivity index (χ4n) is 2.79. The zero-order valence-corrected chi connectivity index (χ0v) is 9.90. The second-order valence-electron chi connectivity index (χ2n) is 4.89. The molecular weight excluding hydrogens is 200 g/mol. The van der Waals surface area contributed by atoms with E-state index in [9.17, 15) is 0 Å². The molecule has 0 N–H and O–H groups in total. The minimum atomic E-state index is -0.00675. The van der Waals surface area contributed by atoms with Crippen molar-refractivity contribution in [3.63, 3.8) is 0 Å². The number of ether oxygens (including phenoxy) is 2. The van der Waals surface area contributed by atoms with Crippen LogP contribution in [0.1, 0.15) is 36.1 Å². The molecule has 2 nitrogen and oxygen atoms in total. The van der Waals surface area contributed by atoms with Gasteiger partial charge >= 0.3 is 0 Å². The van der Waals surface area contributed by atoms with E-state index in [-0.39, 0.29) is 12.4 Å². The summed E-state index contributed by atoms with van der Waals surface area (Å²) in [6, 6.07) is 6.71. The lowest BCUT2D eigenvalue weighted by molar-refractivity contribution is -0.235. The largest absolute Gasteiger partial charge is 0.352 e. The van der Waals surface area contributed by atoms with E-state index in [2.05, 4.69) is 32.0 Å². The van der Waals surface area contributed by atoms with Crippen molar-refractivity contribution in [2.24, 2.45) is 5.92 Å². The topological polar surface area (TPSA) is 18.5 Å². The summed E-state index contributed by atoms with van der Waals surface area (Å²) in [5.41, 5.74) is 4.16. The molecule has 0 saturated carbocycles. The van der Waals surface area contributed by atoms with Crippen molar-refractivity contribution in [2.45, 2.75) is 39.1 Å². The second kappa shape index (κ2) is 3.86. The molecule has 1 aliphatic heterocycles. The van der Waals surface area contributed by atoms with Crippen molar-refractivity contribution >= 4 is 0 Å². The highest BCUT2D eigenvalue weighted by atomic mass is 16.7. The molecule has 1 saturated heterocycles. The van der Waals surface area contributed by atoms with Gasteiger partial charge in [-0.05, 0) is 30.9 Å². The summed E-state index contributed by atoms with van der Waals surface area (Å²) in [6.45, 7) is 5.10. The maximum atomic E-state index is 6.02. The minimum absolute atomic E-state index is 0.00675. The van der Waals surface area contributed by atoms with Gasteiger partial charge in [0.2, 0.25) is 0 Å². The maximum absolute atomic E-state index is 6.02. The number of aryl methyl sites for hydroxylation is 1. The predicted molar refractivity (Wildman–Crippen MR) is 62.2 cm³/mol. The molecular formula is C14H18O2. The van der Waals surface area contributed by atoms with Crippen LogP contribution in [-0.4, -0.2) is 12.9 Å². The molecule has 3 rings (SSSR count). The highest BCUT2D eigenvalue weighted by molar-refractivity contribution is 5.38. The van der Waals surface area contributed by atoms with Crippen LogP contribution in [0.3, 0.4) is 0 Å². The van der Waals surface area contributed by atoms with E-state index >= 15 is 0 Å². The van der Waals surface area contributed by atoms with E-state index in [1.807, 2.05) is 0 Å². The molecule has 2 heteroatoms. The summed E-state index contributed by atoms with van der Waals surface area (Å²) < 4.78 is 11.7. The monoisotopic (exact) mass is 218 g/mol. The van der Waals surface area contributed by atoms with Gasteiger partial charge in [0.1, 0.15) is 0 Å². The first kappa shape index (κ1) is 10.3. The molecule has 16 heavy (non-hydrogen) atoms. The molecule has 3 unspecified atom stereocenters. The fraction of sp³-hybridized carbons (Fsp3) is 0.571. The number of benzene rings is 1. The Balaban J connectivity index is 1.92. The Morgan fingerprint density at radius 3 is 3.06 bits per heavy atom. The van der Waals surface area contributed by atoms with E-state index in [1.165, 1.54) is 16.7 Å². The Bertz CT molecular complexity index is 400. The summed E-state index contributed by atoms with van der Waals surface area (Å²) >= 11 is 0. The van der Waals surface area contributed by atoms with E-state index in [0.717, 1.165) is 19.4 Å². The van der Waals surface area contributed by atoms with Crippen molar-refractivity contribution in [3.8, 4) is 0 Å². The standard InChI is InChI=1S/C14H18O2/c1-3-13-15-8-11-7-10-5-4-9(2)6-12(10)14(11)16-13/h4-6,11,13-14H,3,7-8H2,1-2H3. The van der Waals surface area contributed by atoms with Crippen LogP contribution in [0.2, 0.25) is 0 Å². The lowest BCUT2D eigenvalue weighted by Gasteiger charge is -2.32. The summed E-state index contributed by atoms with van der Waals surface area (Å²) in [6.07, 6.45) is 2.31. The van der Waals surface area contributed by atoms with E-state index < -0.39 is 0 Å². The number of fused-ring (bicyclic) bond motifs is 3. The Morgan fingerprint density at radius 2 is 2.25 bits per heavy atom. The third kappa shape index (κ3) is 1.57. The first-order valence-corrected chi connectivity index (χ1v) is 6.14. The molecule has 1 aliphatic carbocycles. The normalized spacial score (nSPS) is 32.2. The Kier molecular flexibility index (Phi) is 2.49. The van der Waals surface area contributed by atoms with Crippen LogP contribution in [0.25, 0.3) is 0 Å². The number of hydrogen-bond donors (Lipinski definition) is 0. The second-order valence-corrected chi connectivity index (χ2v) is 4.89. The third-order valence-corrected chi connectivity index (χ3v) is 3.65. The first-order valence-electron chi connectivity index (χ1n) is 6.14. The Hall–Kier alpha value is -0.860. The van der Waals surface area contributed by atoms with Gasteiger partial charge in [-0.15, -0.1) is 0 Å². The lowest BCUT2D eigenvalue weighted by Crippen LogP contribution is -2.32. The molecule has 0 radical (unpaired) electrons. The Labute approximate surface area is 96.6 Å². The van der Waals surface area contributed by atoms with Gasteiger partial charge < -0.3 is 9.47 Å². The van der Waals surface area contributed by atoms with Gasteiger partial charge in [0.15, 0.2) is 6.29 Å². The van der Waals surface area contributed by atoms with Crippen LogP contribution in [0.4, 0.5) is 0 Å². The Morgan fingerprint density at radius 1 is 1.38 bits per heavy atom. The van der Waals surface area contributed by atoms with E-state index in [4.69, 9.17) is 9.47 Å². The van der Waals surface area contributed by atoms with Gasteiger partial charge in [0.25, 0.3) is 0 Å². The lowest BCUT2D eigenvalue weighted by atomic mass is 10.0. The molecule has 1 aromatic rings. The van der Waals surface area contributed by atoms with Crippen molar-refractivity contribution in [3.05, 3.63) is 34.9 Å². The smallest absolute Gasteiger partial charge is 0.158 e. The summed E-state index contributed by atoms with van der Waals surface area (Å²) in [7, 11) is 0. The molecule has 1 heterocycles. The van der Waals surface area contributed by atoms with E-state index in [1.54, 1.807) is 0 Å². The van der Waals surface area contributed by atoms with E-state index in [0.29, 0.717) is 5.92 Å². The number of rotatable bonds is 1. The maximum Gasteiger partial charge on any atom is 0.158 e. The van der Waals surface area contributed by atoms with Crippen molar-refractivity contribution in [1.29, 1.82) is 0 Å². The van der Waals surface area contributed by atoms with Crippen LogP contribution in [0.15, 0.2) is 18.2 Å². The van der Waals surface area contributed by atoms with Gasteiger partial charge in [-0.25, -0.2) is 0 Å². The SMILES string of the molecule is CCC1OCC2Cc3ccc(C)cc3C2O1. The van der Waals surface area contributed by atoms with Crippen LogP contribution >= 0.6 is 0 Å². The quantitative estimate of drug-likeness (QED) is 0.721. The highest BCUT2D eigenvalue weighted by Gasteiger charge is 2.38. The van der Waals surface area contributed by atoms with Gasteiger partial charge in [0, 0.05) is 5.92 Å². The molecule has 0 bridgehead atoms. The average molecular weight is 218 g/mol. The first-order chi connectivity index (χ1) is 7.78. The van der Waals surface area contributed by atoms with Gasteiger partial charge in [-0.2, -0.15) is 0 Å². The van der Waals surface area contributed by atoms with Gasteiger partial charge in [-0.1, -0.05) is 30.7 Å². The van der Waals surface area contributed by atoms with Gasteiger partial charge in [-0.3, -0.25) is 0 Å². The molecule has 86 valence electrons. The summed E-state index contributed by atoms with van der Waals surface area (Å²) in [5.74, 6) is 0.527. The predicted octanol–water partition coefficient (Wildman–Crippen LogP) is 2.99. The zero-order chi connectivity index (χ0) is 11.1. The molecule has 1 aromatic carbocycles. The van der Waals surface area contributed by atoms with Gasteiger partial charge in [0.05, 0.1) is 12.7 Å². The molecule has 3 atom stereocenters. The minimum Gasteiger partial charge on any atom is -0.352 e. The van der Waals surface area contributed by atoms with Crippen LogP contribution in [0, 0.1) is 12.8 Å². The fourth-order valence-corrected chi connectivity index (χ4v) is 2.79. The van der Waals surface area contributed by atoms with Crippen molar-refractivity contribution in [1.82, 2.24) is 0 Å². The summed E-state index contributed by atoms with van der Waals surface area (Å²) in [4.78, 5) is 0. The van der Waals surface area contributed by atoms with Crippen LogP contribution in [0.5, 0.6) is 0 Å². The molecule has 2 aliphatic rings. The average Bonchev–Trinajstić information content (AvgIpc) is 2.66. The van der Waals surface area contributed by atoms with Crippen LogP contribution < -0.4 is 0 Å². The van der Waals surface area contributed by atoms with Crippen molar-refractivity contribution < 1.29 is 9.47 Å². The highest BCUT2D eigenvalue weighted by Crippen LogP contribution is 2.43. The zero-order valence-electron chi connectivity index (χ0n) is 9.90. The third-order valence-electron chi connectivity index (χ3n) is 3.65. The molecule has 1 fully saturated rings. The van der Waals surface area contributed by atoms with Crippen LogP contribution in [-0.2, 0) is 15.9 Å². The molecule has 0 spiro atoms.